The third-order valence-electron chi connectivity index (χ3n) is 3.92. The summed E-state index contributed by atoms with van der Waals surface area (Å²) in [5.74, 6) is 0. The minimum Gasteiger partial charge on any atom is -0.314 e. The smallest absolute Gasteiger partial charge is 0.00950 e. The molecule has 0 aromatic carbocycles. The zero-order valence-electron chi connectivity index (χ0n) is 9.53. The van der Waals surface area contributed by atoms with Crippen LogP contribution in [-0.2, 0) is 0 Å². The fourth-order valence-electron chi connectivity index (χ4n) is 2.75. The van der Waals surface area contributed by atoms with E-state index >= 15 is 0 Å². The molecule has 13 heavy (non-hydrogen) atoms. The summed E-state index contributed by atoms with van der Waals surface area (Å²) in [6, 6.07) is 0.722. The average molecular weight is 183 g/mol. The van der Waals surface area contributed by atoms with Gasteiger partial charge in [-0.15, -0.1) is 0 Å². The van der Waals surface area contributed by atoms with Gasteiger partial charge in [0.2, 0.25) is 0 Å². The summed E-state index contributed by atoms with van der Waals surface area (Å²) >= 11 is 0. The molecule has 0 radical (unpaired) electrons. The van der Waals surface area contributed by atoms with Crippen molar-refractivity contribution in [3.05, 3.63) is 0 Å². The van der Waals surface area contributed by atoms with Gasteiger partial charge in [-0.25, -0.2) is 0 Å². The number of nitrogens with one attached hydrogen (secondary N) is 1. The molecule has 0 saturated heterocycles. The molecule has 1 saturated carbocycles. The molecule has 1 fully saturated rings. The summed E-state index contributed by atoms with van der Waals surface area (Å²) in [6.07, 6.45) is 8.40. The average Bonchev–Trinajstić information content (AvgIpc) is 2.63. The van der Waals surface area contributed by atoms with Gasteiger partial charge in [-0.1, -0.05) is 26.7 Å². The molecule has 1 aliphatic carbocycles. The van der Waals surface area contributed by atoms with Crippen molar-refractivity contribution in [3.63, 3.8) is 0 Å². The molecule has 1 N–H and O–H groups in total. The monoisotopic (exact) mass is 183 g/mol. The van der Waals surface area contributed by atoms with Crippen LogP contribution in [0.1, 0.15) is 59.3 Å². The molecule has 78 valence electrons. The molecule has 1 heteroatoms. The SMILES string of the molecule is CCCNC(C)C1(CC)CCCC1. The van der Waals surface area contributed by atoms with Crippen molar-refractivity contribution in [2.24, 2.45) is 5.41 Å². The maximum atomic E-state index is 3.67. The Morgan fingerprint density at radius 3 is 2.31 bits per heavy atom. The van der Waals surface area contributed by atoms with E-state index in [0.717, 1.165) is 6.04 Å². The molecule has 0 spiro atoms. The van der Waals surface area contributed by atoms with Crippen LogP contribution in [-0.4, -0.2) is 12.6 Å². The lowest BCUT2D eigenvalue weighted by atomic mass is 9.77. The van der Waals surface area contributed by atoms with Crippen LogP contribution in [0.2, 0.25) is 0 Å². The summed E-state index contributed by atoms with van der Waals surface area (Å²) in [4.78, 5) is 0. The van der Waals surface area contributed by atoms with Crippen LogP contribution >= 0.6 is 0 Å². The first-order valence-electron chi connectivity index (χ1n) is 5.98. The van der Waals surface area contributed by atoms with Crippen molar-refractivity contribution < 1.29 is 0 Å². The second kappa shape index (κ2) is 4.99. The molecular weight excluding hydrogens is 158 g/mol. The normalized spacial score (nSPS) is 23.3. The maximum Gasteiger partial charge on any atom is 0.00950 e. The van der Waals surface area contributed by atoms with E-state index in [1.165, 1.54) is 45.1 Å². The highest BCUT2D eigenvalue weighted by Gasteiger charge is 2.36. The van der Waals surface area contributed by atoms with E-state index in [-0.39, 0.29) is 0 Å². The first-order chi connectivity index (χ1) is 6.25. The molecule has 0 aromatic heterocycles. The predicted molar refractivity (Wildman–Crippen MR) is 58.9 cm³/mol. The predicted octanol–water partition coefficient (Wildman–Crippen LogP) is 3.34. The minimum atomic E-state index is 0.634. The molecule has 0 bridgehead atoms. The van der Waals surface area contributed by atoms with Gasteiger partial charge in [0, 0.05) is 6.04 Å². The van der Waals surface area contributed by atoms with Gasteiger partial charge in [-0.05, 0) is 44.6 Å². The Morgan fingerprint density at radius 1 is 1.23 bits per heavy atom. The first kappa shape index (κ1) is 11.0. The van der Waals surface area contributed by atoms with Crippen molar-refractivity contribution in [3.8, 4) is 0 Å². The Kier molecular flexibility index (Phi) is 4.24. The molecule has 1 aliphatic rings. The maximum absolute atomic E-state index is 3.67. The quantitative estimate of drug-likeness (QED) is 0.689. The Morgan fingerprint density at radius 2 is 1.85 bits per heavy atom. The van der Waals surface area contributed by atoms with Crippen molar-refractivity contribution >= 4 is 0 Å². The largest absolute Gasteiger partial charge is 0.314 e. The van der Waals surface area contributed by atoms with Crippen LogP contribution in [0.4, 0.5) is 0 Å². The molecule has 0 heterocycles. The highest BCUT2D eigenvalue weighted by molar-refractivity contribution is 4.91. The standard InChI is InChI=1S/C12H25N/c1-4-10-13-11(3)12(5-2)8-6-7-9-12/h11,13H,4-10H2,1-3H3. The molecule has 1 unspecified atom stereocenters. The van der Waals surface area contributed by atoms with E-state index in [0.29, 0.717) is 5.41 Å². The summed E-state index contributed by atoms with van der Waals surface area (Å²) in [5.41, 5.74) is 0.634. The van der Waals surface area contributed by atoms with Gasteiger partial charge in [0.1, 0.15) is 0 Å². The van der Waals surface area contributed by atoms with E-state index in [1.807, 2.05) is 0 Å². The van der Waals surface area contributed by atoms with Gasteiger partial charge in [-0.2, -0.15) is 0 Å². The zero-order valence-corrected chi connectivity index (χ0v) is 9.53. The zero-order chi connectivity index (χ0) is 9.73. The Labute approximate surface area is 83.3 Å². The number of hydrogen-bond acceptors (Lipinski definition) is 1. The van der Waals surface area contributed by atoms with Crippen LogP contribution in [0, 0.1) is 5.41 Å². The molecule has 1 rings (SSSR count). The van der Waals surface area contributed by atoms with Crippen molar-refractivity contribution in [2.45, 2.75) is 65.3 Å². The molecular formula is C12H25N. The minimum absolute atomic E-state index is 0.634. The summed E-state index contributed by atoms with van der Waals surface area (Å²) in [5, 5.41) is 3.67. The highest BCUT2D eigenvalue weighted by atomic mass is 14.9. The Hall–Kier alpha value is -0.0400. The lowest BCUT2D eigenvalue weighted by Crippen LogP contribution is -2.41. The van der Waals surface area contributed by atoms with Gasteiger partial charge >= 0.3 is 0 Å². The Bertz CT molecular complexity index is 136. The molecule has 0 aromatic rings. The van der Waals surface area contributed by atoms with E-state index in [9.17, 15) is 0 Å². The molecule has 0 aliphatic heterocycles. The highest BCUT2D eigenvalue weighted by Crippen LogP contribution is 2.43. The topological polar surface area (TPSA) is 12.0 Å². The van der Waals surface area contributed by atoms with E-state index in [2.05, 4.69) is 26.1 Å². The third-order valence-corrected chi connectivity index (χ3v) is 3.92. The first-order valence-corrected chi connectivity index (χ1v) is 5.98. The fraction of sp³-hybridized carbons (Fsp3) is 1.00. The van der Waals surface area contributed by atoms with Crippen molar-refractivity contribution in [2.75, 3.05) is 6.54 Å². The van der Waals surface area contributed by atoms with E-state index < -0.39 is 0 Å². The van der Waals surface area contributed by atoms with Gasteiger partial charge in [-0.3, -0.25) is 0 Å². The third kappa shape index (κ3) is 2.46. The van der Waals surface area contributed by atoms with Crippen LogP contribution in [0.5, 0.6) is 0 Å². The second-order valence-electron chi connectivity index (χ2n) is 4.60. The summed E-state index contributed by atoms with van der Waals surface area (Å²) in [7, 11) is 0. The lowest BCUT2D eigenvalue weighted by molar-refractivity contribution is 0.199. The molecule has 1 nitrogen and oxygen atoms in total. The molecule has 0 amide bonds. The number of hydrogen-bond donors (Lipinski definition) is 1. The van der Waals surface area contributed by atoms with E-state index in [1.54, 1.807) is 0 Å². The molecule has 1 atom stereocenters. The van der Waals surface area contributed by atoms with Crippen LogP contribution < -0.4 is 5.32 Å². The van der Waals surface area contributed by atoms with Crippen LogP contribution in [0.15, 0.2) is 0 Å². The van der Waals surface area contributed by atoms with Gasteiger partial charge in [0.15, 0.2) is 0 Å². The fourth-order valence-corrected chi connectivity index (χ4v) is 2.75. The van der Waals surface area contributed by atoms with Crippen LogP contribution in [0.3, 0.4) is 0 Å². The summed E-state index contributed by atoms with van der Waals surface area (Å²) < 4.78 is 0. The lowest BCUT2D eigenvalue weighted by Gasteiger charge is -2.35. The van der Waals surface area contributed by atoms with Crippen molar-refractivity contribution in [1.82, 2.24) is 5.32 Å². The van der Waals surface area contributed by atoms with Gasteiger partial charge < -0.3 is 5.32 Å². The number of rotatable bonds is 5. The Balaban J connectivity index is 2.44. The van der Waals surface area contributed by atoms with Gasteiger partial charge in [0.05, 0.1) is 0 Å². The van der Waals surface area contributed by atoms with E-state index in [4.69, 9.17) is 0 Å². The van der Waals surface area contributed by atoms with Gasteiger partial charge in [0.25, 0.3) is 0 Å². The summed E-state index contributed by atoms with van der Waals surface area (Å²) in [6.45, 7) is 8.16. The van der Waals surface area contributed by atoms with Crippen LogP contribution in [0.25, 0.3) is 0 Å². The second-order valence-corrected chi connectivity index (χ2v) is 4.60. The van der Waals surface area contributed by atoms with Crippen molar-refractivity contribution in [1.29, 1.82) is 0 Å².